The first kappa shape index (κ1) is 13.1. The average Bonchev–Trinajstić information content (AvgIpc) is 3.08. The van der Waals surface area contributed by atoms with Gasteiger partial charge in [-0.05, 0) is 18.2 Å². The predicted octanol–water partition coefficient (Wildman–Crippen LogP) is 3.43. The second-order valence-corrected chi connectivity index (χ2v) is 6.04. The topological polar surface area (TPSA) is 55.6 Å². The lowest BCUT2D eigenvalue weighted by Gasteiger charge is -2.01. The lowest BCUT2D eigenvalue weighted by Crippen LogP contribution is -1.88. The second kappa shape index (κ2) is 4.74. The zero-order valence-electron chi connectivity index (χ0n) is 12.0. The zero-order chi connectivity index (χ0) is 15.3. The van der Waals surface area contributed by atoms with Crippen LogP contribution in [0.1, 0.15) is 0 Å². The van der Waals surface area contributed by atoms with Crippen molar-refractivity contribution in [3.63, 3.8) is 0 Å². The van der Waals surface area contributed by atoms with Crippen LogP contribution in [-0.2, 0) is 7.05 Å². The summed E-state index contributed by atoms with van der Waals surface area (Å²) in [7, 11) is 3.61. The van der Waals surface area contributed by atoms with Gasteiger partial charge in [0.2, 0.25) is 0 Å². The van der Waals surface area contributed by atoms with Gasteiger partial charge in [0.1, 0.15) is 11.0 Å². The maximum atomic E-state index is 14.2. The number of pyridine rings is 1. The molecule has 5 nitrogen and oxygen atoms in total. The summed E-state index contributed by atoms with van der Waals surface area (Å²) in [6.45, 7) is 0. The molecule has 0 saturated carbocycles. The Labute approximate surface area is 129 Å². The van der Waals surface area contributed by atoms with Gasteiger partial charge in [0.25, 0.3) is 0 Å². The third-order valence-corrected chi connectivity index (χ3v) is 4.50. The quantitative estimate of drug-likeness (QED) is 0.616. The molecule has 3 heterocycles. The number of benzene rings is 1. The number of aromatic nitrogens is 4. The van der Waals surface area contributed by atoms with E-state index in [9.17, 15) is 4.39 Å². The van der Waals surface area contributed by atoms with E-state index in [2.05, 4.69) is 20.4 Å². The monoisotopic (exact) mass is 313 g/mol. The van der Waals surface area contributed by atoms with Gasteiger partial charge in [-0.3, -0.25) is 9.67 Å². The zero-order valence-corrected chi connectivity index (χ0v) is 12.8. The van der Waals surface area contributed by atoms with Crippen molar-refractivity contribution in [2.75, 3.05) is 12.4 Å². The van der Waals surface area contributed by atoms with Gasteiger partial charge < -0.3 is 5.32 Å². The van der Waals surface area contributed by atoms with E-state index in [0.29, 0.717) is 5.52 Å². The summed E-state index contributed by atoms with van der Waals surface area (Å²) in [4.78, 5) is 8.80. The predicted molar refractivity (Wildman–Crippen MR) is 86.6 cm³/mol. The molecule has 0 unspecified atom stereocenters. The summed E-state index contributed by atoms with van der Waals surface area (Å²) in [5.41, 5.74) is 2.67. The van der Waals surface area contributed by atoms with Crippen molar-refractivity contribution in [1.82, 2.24) is 19.7 Å². The van der Waals surface area contributed by atoms with Crippen LogP contribution >= 0.6 is 11.3 Å². The summed E-state index contributed by atoms with van der Waals surface area (Å²) in [5, 5.41) is 8.74. The highest BCUT2D eigenvalue weighted by Crippen LogP contribution is 2.30. The molecule has 0 atom stereocenters. The number of thiazole rings is 1. The maximum absolute atomic E-state index is 14.2. The summed E-state index contributed by atoms with van der Waals surface area (Å²) in [6.07, 6.45) is 3.51. The molecule has 7 heteroatoms. The van der Waals surface area contributed by atoms with Crippen molar-refractivity contribution >= 4 is 37.6 Å². The maximum Gasteiger partial charge on any atom is 0.183 e. The van der Waals surface area contributed by atoms with Crippen molar-refractivity contribution < 1.29 is 4.39 Å². The summed E-state index contributed by atoms with van der Waals surface area (Å²) in [5.74, 6) is -0.338. The standard InChI is InChI=1S/C15H12FN5S/c1-17-15-19-12-6-18-11(5-13(12)22-15)8-3-9-7-21(2)20-14(9)10(16)4-8/h3-7H,1-2H3,(H,17,19). The van der Waals surface area contributed by atoms with Gasteiger partial charge in [-0.25, -0.2) is 9.37 Å². The Kier molecular flexibility index (Phi) is 2.83. The number of hydrogen-bond acceptors (Lipinski definition) is 5. The Hall–Kier alpha value is -2.54. The van der Waals surface area contributed by atoms with E-state index in [0.717, 1.165) is 32.0 Å². The minimum atomic E-state index is -0.338. The van der Waals surface area contributed by atoms with Crippen LogP contribution in [0, 0.1) is 5.82 Å². The van der Waals surface area contributed by atoms with E-state index >= 15 is 0 Å². The molecule has 22 heavy (non-hydrogen) atoms. The van der Waals surface area contributed by atoms with Crippen molar-refractivity contribution in [2.45, 2.75) is 0 Å². The molecule has 4 aromatic rings. The molecule has 0 bridgehead atoms. The minimum Gasteiger partial charge on any atom is -0.365 e. The lowest BCUT2D eigenvalue weighted by atomic mass is 10.1. The Bertz CT molecular complexity index is 1000. The molecule has 1 N–H and O–H groups in total. The number of halogens is 1. The molecule has 0 aliphatic heterocycles. The van der Waals surface area contributed by atoms with Crippen LogP contribution in [0.3, 0.4) is 0 Å². The fourth-order valence-electron chi connectivity index (χ4n) is 2.46. The Morgan fingerprint density at radius 3 is 2.95 bits per heavy atom. The minimum absolute atomic E-state index is 0.338. The van der Waals surface area contributed by atoms with Crippen molar-refractivity contribution in [1.29, 1.82) is 0 Å². The molecule has 0 saturated heterocycles. The molecular weight excluding hydrogens is 301 g/mol. The van der Waals surface area contributed by atoms with E-state index in [1.165, 1.54) is 6.07 Å². The first-order valence-corrected chi connectivity index (χ1v) is 7.53. The molecule has 110 valence electrons. The van der Waals surface area contributed by atoms with E-state index in [1.807, 2.05) is 19.2 Å². The molecule has 0 spiro atoms. The number of nitrogens with zero attached hydrogens (tertiary/aromatic N) is 4. The fourth-order valence-corrected chi connectivity index (χ4v) is 3.28. The van der Waals surface area contributed by atoms with Crippen LogP contribution in [-0.4, -0.2) is 26.8 Å². The van der Waals surface area contributed by atoms with Gasteiger partial charge in [-0.2, -0.15) is 5.10 Å². The second-order valence-electron chi connectivity index (χ2n) is 5.00. The largest absolute Gasteiger partial charge is 0.365 e. The van der Waals surface area contributed by atoms with Crippen LogP contribution in [0.25, 0.3) is 32.4 Å². The first-order chi connectivity index (χ1) is 10.6. The van der Waals surface area contributed by atoms with Gasteiger partial charge in [0.05, 0.1) is 16.6 Å². The van der Waals surface area contributed by atoms with Crippen LogP contribution < -0.4 is 5.32 Å². The fraction of sp³-hybridized carbons (Fsp3) is 0.133. The number of rotatable bonds is 2. The van der Waals surface area contributed by atoms with Gasteiger partial charge >= 0.3 is 0 Å². The van der Waals surface area contributed by atoms with Gasteiger partial charge in [-0.1, -0.05) is 11.3 Å². The first-order valence-electron chi connectivity index (χ1n) is 6.71. The van der Waals surface area contributed by atoms with E-state index < -0.39 is 0 Å². The number of anilines is 1. The van der Waals surface area contributed by atoms with Crippen LogP contribution in [0.2, 0.25) is 0 Å². The summed E-state index contributed by atoms with van der Waals surface area (Å²) >= 11 is 1.55. The molecule has 0 fully saturated rings. The molecule has 0 aliphatic rings. The lowest BCUT2D eigenvalue weighted by molar-refractivity contribution is 0.633. The summed E-state index contributed by atoms with van der Waals surface area (Å²) in [6, 6.07) is 5.31. The third-order valence-electron chi connectivity index (χ3n) is 3.46. The number of aryl methyl sites for hydroxylation is 1. The molecule has 0 radical (unpaired) electrons. The Morgan fingerprint density at radius 2 is 2.14 bits per heavy atom. The Balaban J connectivity index is 1.90. The number of fused-ring (bicyclic) bond motifs is 2. The van der Waals surface area contributed by atoms with Gasteiger partial charge in [-0.15, -0.1) is 0 Å². The summed E-state index contributed by atoms with van der Waals surface area (Å²) < 4.78 is 16.8. The molecule has 0 aliphatic carbocycles. The van der Waals surface area contributed by atoms with Crippen molar-refractivity contribution in [3.05, 3.63) is 36.4 Å². The van der Waals surface area contributed by atoms with Gasteiger partial charge in [0, 0.05) is 31.2 Å². The van der Waals surface area contributed by atoms with Gasteiger partial charge in [0.15, 0.2) is 10.9 Å². The van der Waals surface area contributed by atoms with Crippen LogP contribution in [0.15, 0.2) is 30.6 Å². The van der Waals surface area contributed by atoms with Crippen molar-refractivity contribution in [2.24, 2.45) is 7.05 Å². The average molecular weight is 313 g/mol. The SMILES string of the molecule is CNc1nc2cnc(-c3cc(F)c4nn(C)cc4c3)cc2s1. The molecular formula is C15H12FN5S. The molecule has 4 rings (SSSR count). The molecule has 0 amide bonds. The van der Waals surface area contributed by atoms with Crippen LogP contribution in [0.5, 0.6) is 0 Å². The van der Waals surface area contributed by atoms with E-state index in [1.54, 1.807) is 35.5 Å². The highest BCUT2D eigenvalue weighted by atomic mass is 32.1. The van der Waals surface area contributed by atoms with E-state index in [4.69, 9.17) is 0 Å². The normalized spacial score (nSPS) is 11.4. The molecule has 3 aromatic heterocycles. The van der Waals surface area contributed by atoms with Crippen LogP contribution in [0.4, 0.5) is 9.52 Å². The highest BCUT2D eigenvalue weighted by molar-refractivity contribution is 7.22. The van der Waals surface area contributed by atoms with E-state index in [-0.39, 0.29) is 5.82 Å². The number of hydrogen-bond donors (Lipinski definition) is 1. The van der Waals surface area contributed by atoms with Crippen molar-refractivity contribution in [3.8, 4) is 11.3 Å². The Morgan fingerprint density at radius 1 is 1.27 bits per heavy atom. The smallest absolute Gasteiger partial charge is 0.183 e. The molecule has 1 aromatic carbocycles. The highest BCUT2D eigenvalue weighted by Gasteiger charge is 2.11. The third kappa shape index (κ3) is 2.01. The number of nitrogens with one attached hydrogen (secondary N) is 1.